The third-order valence-corrected chi connectivity index (χ3v) is 3.20. The van der Waals surface area contributed by atoms with Gasteiger partial charge in [-0.1, -0.05) is 17.7 Å². The number of ether oxygens (including phenoxy) is 2. The number of hydrogen-bond donors (Lipinski definition) is 1. The van der Waals surface area contributed by atoms with Crippen LogP contribution in [-0.4, -0.2) is 13.1 Å². The zero-order valence-electron chi connectivity index (χ0n) is 11.4. The Hall–Kier alpha value is -2.27. The van der Waals surface area contributed by atoms with Gasteiger partial charge in [-0.2, -0.15) is 0 Å². The molecule has 0 aliphatic rings. The van der Waals surface area contributed by atoms with Crippen molar-refractivity contribution < 1.29 is 18.7 Å². The van der Waals surface area contributed by atoms with Crippen LogP contribution in [0.3, 0.4) is 0 Å². The minimum absolute atomic E-state index is 0.0394. The molecule has 21 heavy (non-hydrogen) atoms. The largest absolute Gasteiger partial charge is 0.465 e. The Morgan fingerprint density at radius 1 is 1.33 bits per heavy atom. The number of aryl methyl sites for hydroxylation is 1. The minimum Gasteiger partial charge on any atom is -0.465 e. The molecule has 0 spiro atoms. The first kappa shape index (κ1) is 15.1. The Labute approximate surface area is 126 Å². The fraction of sp³-hybridized carbons (Fsp3) is 0.133. The van der Waals surface area contributed by atoms with Crippen LogP contribution in [0.4, 0.5) is 10.1 Å². The molecule has 110 valence electrons. The van der Waals surface area contributed by atoms with Crippen LogP contribution in [0.15, 0.2) is 30.3 Å². The number of esters is 1. The molecule has 2 N–H and O–H groups in total. The smallest absolute Gasteiger partial charge is 0.340 e. The molecule has 6 heteroatoms. The molecule has 0 radical (unpaired) electrons. The lowest BCUT2D eigenvalue weighted by Gasteiger charge is -2.12. The molecule has 4 nitrogen and oxygen atoms in total. The second-order valence-electron chi connectivity index (χ2n) is 4.35. The Kier molecular flexibility index (Phi) is 4.33. The van der Waals surface area contributed by atoms with Crippen molar-refractivity contribution in [2.24, 2.45) is 0 Å². The van der Waals surface area contributed by atoms with Crippen LogP contribution in [-0.2, 0) is 4.74 Å². The van der Waals surface area contributed by atoms with Crippen LogP contribution in [0.5, 0.6) is 11.5 Å². The summed E-state index contributed by atoms with van der Waals surface area (Å²) < 4.78 is 23.9. The summed E-state index contributed by atoms with van der Waals surface area (Å²) in [5.74, 6) is -1.04. The van der Waals surface area contributed by atoms with Crippen LogP contribution in [0.1, 0.15) is 15.9 Å². The van der Waals surface area contributed by atoms with Crippen molar-refractivity contribution in [3.63, 3.8) is 0 Å². The third-order valence-electron chi connectivity index (χ3n) is 2.91. The highest BCUT2D eigenvalue weighted by molar-refractivity contribution is 6.30. The van der Waals surface area contributed by atoms with Crippen molar-refractivity contribution in [1.82, 2.24) is 0 Å². The lowest BCUT2D eigenvalue weighted by molar-refractivity contribution is 0.0601. The van der Waals surface area contributed by atoms with Gasteiger partial charge in [0.2, 0.25) is 0 Å². The first-order valence-corrected chi connectivity index (χ1v) is 6.42. The number of benzene rings is 2. The summed E-state index contributed by atoms with van der Waals surface area (Å²) in [5.41, 5.74) is 6.90. The molecule has 0 bridgehead atoms. The molecule has 2 aromatic rings. The molecule has 0 heterocycles. The quantitative estimate of drug-likeness (QED) is 0.689. The van der Waals surface area contributed by atoms with Crippen LogP contribution >= 0.6 is 11.6 Å². The van der Waals surface area contributed by atoms with Gasteiger partial charge in [0.15, 0.2) is 11.6 Å². The maximum absolute atomic E-state index is 13.8. The van der Waals surface area contributed by atoms with E-state index in [4.69, 9.17) is 22.1 Å². The van der Waals surface area contributed by atoms with Crippen molar-refractivity contribution in [3.8, 4) is 11.5 Å². The van der Waals surface area contributed by atoms with Gasteiger partial charge in [-0.3, -0.25) is 0 Å². The third kappa shape index (κ3) is 3.08. The van der Waals surface area contributed by atoms with E-state index in [-0.39, 0.29) is 22.1 Å². The number of hydrogen-bond acceptors (Lipinski definition) is 4. The zero-order chi connectivity index (χ0) is 15.6. The number of carbonyl (C=O) groups is 1. The standard InChI is InChI=1S/C15H13ClFNO3/c1-8-6-9(7-10(14(8)18)15(19)20-2)21-12-5-3-4-11(16)13(12)17/h3-7H,18H2,1-2H3. The first-order chi connectivity index (χ1) is 9.93. The van der Waals surface area contributed by atoms with Gasteiger partial charge >= 0.3 is 5.97 Å². The molecule has 0 saturated carbocycles. The Balaban J connectivity index is 2.43. The molecule has 0 aromatic heterocycles. The van der Waals surface area contributed by atoms with E-state index < -0.39 is 11.8 Å². The number of anilines is 1. The number of halogens is 2. The van der Waals surface area contributed by atoms with Crippen molar-refractivity contribution in [1.29, 1.82) is 0 Å². The van der Waals surface area contributed by atoms with Gasteiger partial charge in [0.25, 0.3) is 0 Å². The predicted octanol–water partition coefficient (Wildman–Crippen LogP) is 3.95. The minimum atomic E-state index is -0.673. The number of carbonyl (C=O) groups excluding carboxylic acids is 1. The summed E-state index contributed by atoms with van der Waals surface area (Å²) in [7, 11) is 1.25. The second kappa shape index (κ2) is 6.01. The van der Waals surface area contributed by atoms with E-state index in [1.807, 2.05) is 0 Å². The van der Waals surface area contributed by atoms with Crippen LogP contribution in [0.25, 0.3) is 0 Å². The van der Waals surface area contributed by atoms with Crippen LogP contribution in [0.2, 0.25) is 5.02 Å². The normalized spacial score (nSPS) is 10.3. The average Bonchev–Trinajstić information content (AvgIpc) is 2.46. The first-order valence-electron chi connectivity index (χ1n) is 6.04. The summed E-state index contributed by atoms with van der Waals surface area (Å²) in [4.78, 5) is 11.7. The SMILES string of the molecule is COC(=O)c1cc(Oc2cccc(Cl)c2F)cc(C)c1N. The topological polar surface area (TPSA) is 61.5 Å². The maximum atomic E-state index is 13.8. The number of methoxy groups -OCH3 is 1. The summed E-state index contributed by atoms with van der Waals surface area (Å²) in [6.07, 6.45) is 0. The van der Waals surface area contributed by atoms with Gasteiger partial charge in [0.1, 0.15) is 5.75 Å². The number of nitrogen functional groups attached to an aromatic ring is 1. The van der Waals surface area contributed by atoms with Gasteiger partial charge in [0, 0.05) is 5.69 Å². The highest BCUT2D eigenvalue weighted by Crippen LogP contribution is 2.32. The van der Waals surface area contributed by atoms with E-state index in [9.17, 15) is 9.18 Å². The van der Waals surface area contributed by atoms with E-state index in [0.29, 0.717) is 11.3 Å². The van der Waals surface area contributed by atoms with Crippen molar-refractivity contribution in [3.05, 3.63) is 52.3 Å². The lowest BCUT2D eigenvalue weighted by Crippen LogP contribution is -2.07. The molecule has 0 atom stereocenters. The highest BCUT2D eigenvalue weighted by Gasteiger charge is 2.15. The summed E-state index contributed by atoms with van der Waals surface area (Å²) in [6.45, 7) is 1.71. The van der Waals surface area contributed by atoms with Crippen molar-refractivity contribution in [2.75, 3.05) is 12.8 Å². The van der Waals surface area contributed by atoms with E-state index >= 15 is 0 Å². The Bertz CT molecular complexity index is 704. The molecule has 0 amide bonds. The number of rotatable bonds is 3. The zero-order valence-corrected chi connectivity index (χ0v) is 12.2. The van der Waals surface area contributed by atoms with Gasteiger partial charge in [-0.05, 0) is 36.8 Å². The van der Waals surface area contributed by atoms with E-state index in [2.05, 4.69) is 4.74 Å². The van der Waals surface area contributed by atoms with Crippen molar-refractivity contribution in [2.45, 2.75) is 6.92 Å². The number of nitrogens with two attached hydrogens (primary N) is 1. The van der Waals surface area contributed by atoms with E-state index in [0.717, 1.165) is 0 Å². The maximum Gasteiger partial charge on any atom is 0.340 e. The van der Waals surface area contributed by atoms with Crippen molar-refractivity contribution >= 4 is 23.3 Å². The van der Waals surface area contributed by atoms with E-state index in [1.54, 1.807) is 19.1 Å². The van der Waals surface area contributed by atoms with Gasteiger partial charge < -0.3 is 15.2 Å². The Morgan fingerprint density at radius 2 is 2.05 bits per heavy atom. The van der Waals surface area contributed by atoms with Gasteiger partial charge in [-0.25, -0.2) is 9.18 Å². The lowest BCUT2D eigenvalue weighted by atomic mass is 10.1. The summed E-state index contributed by atoms with van der Waals surface area (Å²) >= 11 is 5.69. The molecular weight excluding hydrogens is 297 g/mol. The molecule has 2 aromatic carbocycles. The molecule has 2 rings (SSSR count). The van der Waals surface area contributed by atoms with E-state index in [1.165, 1.54) is 25.3 Å². The van der Waals surface area contributed by atoms with Crippen LogP contribution in [0, 0.1) is 12.7 Å². The molecule has 0 unspecified atom stereocenters. The fourth-order valence-corrected chi connectivity index (χ4v) is 1.96. The monoisotopic (exact) mass is 309 g/mol. The van der Waals surface area contributed by atoms with Gasteiger partial charge in [-0.15, -0.1) is 0 Å². The average molecular weight is 310 g/mol. The summed E-state index contributed by atoms with van der Waals surface area (Å²) in [6, 6.07) is 7.41. The molecule has 0 fully saturated rings. The molecular formula is C15H13ClFNO3. The fourth-order valence-electron chi connectivity index (χ4n) is 1.79. The molecule has 0 aliphatic carbocycles. The van der Waals surface area contributed by atoms with Gasteiger partial charge in [0.05, 0.1) is 17.7 Å². The predicted molar refractivity (Wildman–Crippen MR) is 78.4 cm³/mol. The molecule has 0 aliphatic heterocycles. The molecule has 0 saturated heterocycles. The summed E-state index contributed by atoms with van der Waals surface area (Å²) in [5, 5.41) is -0.0483. The Morgan fingerprint density at radius 3 is 2.71 bits per heavy atom. The van der Waals surface area contributed by atoms with Crippen LogP contribution < -0.4 is 10.5 Å². The second-order valence-corrected chi connectivity index (χ2v) is 4.75. The highest BCUT2D eigenvalue weighted by atomic mass is 35.5.